The molecule has 6 heteroatoms. The average molecular weight is 350 g/mol. The number of hydrogen-bond acceptors (Lipinski definition) is 4. The monoisotopic (exact) mass is 350 g/mol. The molecule has 0 radical (unpaired) electrons. The number of rotatable bonds is 6. The highest BCUT2D eigenvalue weighted by Crippen LogP contribution is 2.36. The summed E-state index contributed by atoms with van der Waals surface area (Å²) in [5.41, 5.74) is 3.69. The van der Waals surface area contributed by atoms with Crippen LogP contribution in [0.1, 0.15) is 59.8 Å². The van der Waals surface area contributed by atoms with Crippen molar-refractivity contribution in [2.24, 2.45) is 0 Å². The van der Waals surface area contributed by atoms with Crippen LogP contribution in [0.4, 0.5) is 0 Å². The van der Waals surface area contributed by atoms with Gasteiger partial charge in [-0.05, 0) is 38.3 Å². The van der Waals surface area contributed by atoms with Crippen LogP contribution in [-0.4, -0.2) is 28.5 Å². The summed E-state index contributed by atoms with van der Waals surface area (Å²) >= 11 is 0. The van der Waals surface area contributed by atoms with E-state index in [0.29, 0.717) is 11.3 Å². The third-order valence-electron chi connectivity index (χ3n) is 4.98. The number of hydrogen-bond donors (Lipinski definition) is 1. The van der Waals surface area contributed by atoms with Crippen LogP contribution in [0.3, 0.4) is 0 Å². The van der Waals surface area contributed by atoms with Gasteiger partial charge in [0, 0.05) is 31.0 Å². The molecule has 3 rings (SSSR count). The molecule has 0 atom stereocenters. The second-order valence-corrected chi connectivity index (χ2v) is 6.64. The van der Waals surface area contributed by atoms with E-state index in [0.717, 1.165) is 36.1 Å². The number of ketones is 1. The number of amides is 1. The minimum absolute atomic E-state index is 0.0506. The highest BCUT2D eigenvalue weighted by molar-refractivity contribution is 5.99. The molecule has 0 saturated heterocycles. The summed E-state index contributed by atoms with van der Waals surface area (Å²) in [6.45, 7) is 1.91. The molecule has 2 aromatic rings. The molecule has 0 aliphatic heterocycles. The lowest BCUT2D eigenvalue weighted by Crippen LogP contribution is -2.24. The number of nitriles is 1. The number of benzene rings is 1. The van der Waals surface area contributed by atoms with Crippen molar-refractivity contribution in [3.8, 4) is 17.3 Å². The number of aromatic nitrogens is 2. The summed E-state index contributed by atoms with van der Waals surface area (Å²) in [5, 5.41) is 16.3. The van der Waals surface area contributed by atoms with Gasteiger partial charge in [-0.2, -0.15) is 10.4 Å². The molecule has 1 aliphatic carbocycles. The van der Waals surface area contributed by atoms with Crippen molar-refractivity contribution < 1.29 is 9.59 Å². The Balaban J connectivity index is 1.96. The number of carbonyl (C=O) groups excluding carboxylic acids is 2. The summed E-state index contributed by atoms with van der Waals surface area (Å²) in [6, 6.07) is 9.58. The Morgan fingerprint density at radius 3 is 2.50 bits per heavy atom. The van der Waals surface area contributed by atoms with Crippen molar-refractivity contribution in [3.63, 3.8) is 0 Å². The topological polar surface area (TPSA) is 87.8 Å². The Morgan fingerprint density at radius 1 is 1.27 bits per heavy atom. The summed E-state index contributed by atoms with van der Waals surface area (Å²) in [7, 11) is 1.57. The quantitative estimate of drug-likeness (QED) is 0.811. The smallest absolute Gasteiger partial charge is 0.220 e. The lowest BCUT2D eigenvalue weighted by atomic mass is 9.92. The lowest BCUT2D eigenvalue weighted by molar-refractivity contribution is -0.120. The second kappa shape index (κ2) is 7.52. The van der Waals surface area contributed by atoms with Crippen molar-refractivity contribution in [2.45, 2.75) is 45.1 Å². The third-order valence-corrected chi connectivity index (χ3v) is 4.98. The fraction of sp³-hybridized carbons (Fsp3) is 0.400. The van der Waals surface area contributed by atoms with Gasteiger partial charge in [0.25, 0.3) is 0 Å². The van der Waals surface area contributed by atoms with Gasteiger partial charge in [0.05, 0.1) is 23.4 Å². The van der Waals surface area contributed by atoms with Gasteiger partial charge in [0.15, 0.2) is 5.78 Å². The van der Waals surface area contributed by atoms with Crippen LogP contribution < -0.4 is 5.32 Å². The van der Waals surface area contributed by atoms with Crippen LogP contribution in [0.25, 0.3) is 11.3 Å². The van der Waals surface area contributed by atoms with Gasteiger partial charge in [-0.15, -0.1) is 0 Å². The van der Waals surface area contributed by atoms with E-state index < -0.39 is 0 Å². The Hall–Kier alpha value is -2.94. The van der Waals surface area contributed by atoms with Gasteiger partial charge in [0.1, 0.15) is 5.69 Å². The molecule has 6 nitrogen and oxygen atoms in total. The molecular formula is C20H22N4O2. The Labute approximate surface area is 152 Å². The molecule has 1 amide bonds. The van der Waals surface area contributed by atoms with Gasteiger partial charge < -0.3 is 5.32 Å². The van der Waals surface area contributed by atoms with Crippen molar-refractivity contribution in [1.29, 1.82) is 5.26 Å². The number of carbonyl (C=O) groups is 2. The van der Waals surface area contributed by atoms with E-state index in [1.54, 1.807) is 19.2 Å². The van der Waals surface area contributed by atoms with Crippen molar-refractivity contribution in [3.05, 3.63) is 41.1 Å². The third kappa shape index (κ3) is 3.38. The van der Waals surface area contributed by atoms with E-state index in [4.69, 9.17) is 10.4 Å². The standard InChI is InChI=1S/C20H22N4O2/c1-13-19(15-8-6-14(12-21)7-9-15)23-24(16-4-3-5-16)20(13)17(25)10-11-18(26)22-2/h6-9,16H,3-5,10-11H2,1-2H3,(H,22,26). The van der Waals surface area contributed by atoms with Gasteiger partial charge >= 0.3 is 0 Å². The second-order valence-electron chi connectivity index (χ2n) is 6.64. The zero-order valence-corrected chi connectivity index (χ0v) is 15.1. The minimum Gasteiger partial charge on any atom is -0.359 e. The van der Waals surface area contributed by atoms with Crippen LogP contribution in [0, 0.1) is 18.3 Å². The van der Waals surface area contributed by atoms with E-state index in [-0.39, 0.29) is 30.6 Å². The minimum atomic E-state index is -0.141. The van der Waals surface area contributed by atoms with E-state index in [1.807, 2.05) is 23.7 Å². The Kier molecular flexibility index (Phi) is 5.17. The van der Waals surface area contributed by atoms with Crippen LogP contribution in [0.2, 0.25) is 0 Å². The Morgan fingerprint density at radius 2 is 1.96 bits per heavy atom. The molecule has 1 saturated carbocycles. The summed E-state index contributed by atoms with van der Waals surface area (Å²) < 4.78 is 1.86. The van der Waals surface area contributed by atoms with Gasteiger partial charge in [-0.1, -0.05) is 12.1 Å². The SMILES string of the molecule is CNC(=O)CCC(=O)c1c(C)c(-c2ccc(C#N)cc2)nn1C1CCC1. The predicted octanol–water partition coefficient (Wildman–Crippen LogP) is 3.16. The molecule has 134 valence electrons. The molecule has 1 aliphatic rings. The first-order chi connectivity index (χ1) is 12.5. The molecule has 0 spiro atoms. The zero-order valence-electron chi connectivity index (χ0n) is 15.1. The van der Waals surface area contributed by atoms with Crippen LogP contribution in [0.15, 0.2) is 24.3 Å². The summed E-state index contributed by atoms with van der Waals surface area (Å²) in [6.07, 6.45) is 3.53. The van der Waals surface area contributed by atoms with E-state index in [1.165, 1.54) is 0 Å². The largest absolute Gasteiger partial charge is 0.359 e. The first-order valence-corrected chi connectivity index (χ1v) is 8.88. The average Bonchev–Trinajstić information content (AvgIpc) is 2.94. The molecule has 1 fully saturated rings. The maximum absolute atomic E-state index is 12.8. The lowest BCUT2D eigenvalue weighted by Gasteiger charge is -2.27. The van der Waals surface area contributed by atoms with E-state index in [9.17, 15) is 9.59 Å². The molecule has 0 unspecified atom stereocenters. The van der Waals surface area contributed by atoms with E-state index >= 15 is 0 Å². The number of nitrogens with zero attached hydrogens (tertiary/aromatic N) is 3. The van der Waals surface area contributed by atoms with Crippen LogP contribution in [0.5, 0.6) is 0 Å². The Bertz CT molecular complexity index is 870. The number of Topliss-reactive ketones (excluding diaryl/α,β-unsaturated/α-hetero) is 1. The first-order valence-electron chi connectivity index (χ1n) is 8.88. The fourth-order valence-electron chi connectivity index (χ4n) is 3.20. The van der Waals surface area contributed by atoms with Crippen molar-refractivity contribution in [1.82, 2.24) is 15.1 Å². The molecular weight excluding hydrogens is 328 g/mol. The number of nitrogens with one attached hydrogen (secondary N) is 1. The molecule has 1 N–H and O–H groups in total. The highest BCUT2D eigenvalue weighted by atomic mass is 16.2. The normalized spacial score (nSPS) is 13.7. The zero-order chi connectivity index (χ0) is 18.7. The summed E-state index contributed by atoms with van der Waals surface area (Å²) in [5.74, 6) is -0.191. The highest BCUT2D eigenvalue weighted by Gasteiger charge is 2.29. The maximum Gasteiger partial charge on any atom is 0.220 e. The van der Waals surface area contributed by atoms with Crippen molar-refractivity contribution in [2.75, 3.05) is 7.05 Å². The molecule has 0 bridgehead atoms. The van der Waals surface area contributed by atoms with Crippen LogP contribution >= 0.6 is 0 Å². The first kappa shape index (κ1) is 17.9. The van der Waals surface area contributed by atoms with Gasteiger partial charge in [-0.3, -0.25) is 14.3 Å². The van der Waals surface area contributed by atoms with Gasteiger partial charge in [-0.25, -0.2) is 0 Å². The maximum atomic E-state index is 12.8. The van der Waals surface area contributed by atoms with Gasteiger partial charge in [0.2, 0.25) is 5.91 Å². The fourth-order valence-corrected chi connectivity index (χ4v) is 3.20. The molecule has 1 heterocycles. The van der Waals surface area contributed by atoms with E-state index in [2.05, 4.69) is 11.4 Å². The predicted molar refractivity (Wildman–Crippen MR) is 97.6 cm³/mol. The molecule has 1 aromatic carbocycles. The van der Waals surface area contributed by atoms with Crippen LogP contribution in [-0.2, 0) is 4.79 Å². The van der Waals surface area contributed by atoms with Crippen molar-refractivity contribution >= 4 is 11.7 Å². The molecule has 1 aromatic heterocycles. The summed E-state index contributed by atoms with van der Waals surface area (Å²) in [4.78, 5) is 24.3. The molecule has 26 heavy (non-hydrogen) atoms.